The molecule has 1 rings (SSSR count). The van der Waals surface area contributed by atoms with Crippen LogP contribution in [0.5, 0.6) is 0 Å². The van der Waals surface area contributed by atoms with Crippen molar-refractivity contribution in [3.63, 3.8) is 0 Å². The van der Waals surface area contributed by atoms with Crippen molar-refractivity contribution in [2.45, 2.75) is 78.0 Å². The van der Waals surface area contributed by atoms with Crippen LogP contribution in [-0.2, 0) is 0 Å². The van der Waals surface area contributed by atoms with Crippen LogP contribution in [0.15, 0.2) is 0 Å². The zero-order chi connectivity index (χ0) is 12.0. The van der Waals surface area contributed by atoms with E-state index in [1.165, 1.54) is 51.4 Å². The van der Waals surface area contributed by atoms with Gasteiger partial charge in [0.05, 0.1) is 7.85 Å². The molecule has 0 amide bonds. The van der Waals surface area contributed by atoms with Crippen molar-refractivity contribution in [1.29, 1.82) is 0 Å². The third-order valence-electron chi connectivity index (χ3n) is 4.47. The second kappa shape index (κ2) is 7.40. The molecule has 1 saturated carbocycles. The van der Waals surface area contributed by atoms with E-state index in [4.69, 9.17) is 7.85 Å². The molecule has 0 nitrogen and oxygen atoms in total. The lowest BCUT2D eigenvalue weighted by Crippen LogP contribution is -2.10. The van der Waals surface area contributed by atoms with Crippen LogP contribution in [0.3, 0.4) is 0 Å². The highest BCUT2D eigenvalue weighted by molar-refractivity contribution is 6.11. The molecular formula is C15H29B. The van der Waals surface area contributed by atoms with Crippen molar-refractivity contribution >= 4 is 7.85 Å². The summed E-state index contributed by atoms with van der Waals surface area (Å²) in [5.74, 6) is 2.98. The lowest BCUT2D eigenvalue weighted by Gasteiger charge is -2.24. The zero-order valence-corrected chi connectivity index (χ0v) is 11.5. The lowest BCUT2D eigenvalue weighted by molar-refractivity contribution is 0.343. The minimum Gasteiger partial charge on any atom is -0.0749 e. The molecule has 1 aliphatic carbocycles. The summed E-state index contributed by atoms with van der Waals surface area (Å²) >= 11 is 0. The predicted molar refractivity (Wildman–Crippen MR) is 73.9 cm³/mol. The van der Waals surface area contributed by atoms with Crippen LogP contribution in [-0.4, -0.2) is 7.85 Å². The molecule has 1 fully saturated rings. The molecule has 2 radical (unpaired) electrons. The van der Waals surface area contributed by atoms with Gasteiger partial charge in [-0.2, -0.15) is 0 Å². The van der Waals surface area contributed by atoms with E-state index in [-0.39, 0.29) is 0 Å². The van der Waals surface area contributed by atoms with Gasteiger partial charge >= 0.3 is 0 Å². The molecule has 0 spiro atoms. The third-order valence-corrected chi connectivity index (χ3v) is 4.47. The SMILES string of the molecule is [B]C1CCCC(C)CCCC(C)CCC1C. The van der Waals surface area contributed by atoms with E-state index < -0.39 is 0 Å². The molecule has 4 atom stereocenters. The normalized spacial score (nSPS) is 39.7. The number of hydrogen-bond donors (Lipinski definition) is 0. The van der Waals surface area contributed by atoms with Crippen LogP contribution in [0, 0.1) is 17.8 Å². The number of rotatable bonds is 0. The highest BCUT2D eigenvalue weighted by atomic mass is 14.2. The summed E-state index contributed by atoms with van der Waals surface area (Å²) in [5, 5.41) is 0. The highest BCUT2D eigenvalue weighted by Gasteiger charge is 2.15. The Labute approximate surface area is 104 Å². The Hall–Kier alpha value is 0.0649. The van der Waals surface area contributed by atoms with Gasteiger partial charge in [0.2, 0.25) is 0 Å². The Bertz CT molecular complexity index is 178. The maximum absolute atomic E-state index is 6.25. The minimum absolute atomic E-state index is 0.443. The third kappa shape index (κ3) is 5.41. The summed E-state index contributed by atoms with van der Waals surface area (Å²) in [5.41, 5.74) is 0. The molecule has 1 aliphatic rings. The maximum Gasteiger partial charge on any atom is 0.0703 e. The van der Waals surface area contributed by atoms with E-state index in [0.29, 0.717) is 5.82 Å². The Kier molecular flexibility index (Phi) is 6.54. The van der Waals surface area contributed by atoms with E-state index in [9.17, 15) is 0 Å². The van der Waals surface area contributed by atoms with Crippen LogP contribution in [0.25, 0.3) is 0 Å². The molecular weight excluding hydrogens is 191 g/mol. The van der Waals surface area contributed by atoms with Gasteiger partial charge in [-0.15, -0.1) is 0 Å². The van der Waals surface area contributed by atoms with E-state index in [0.717, 1.165) is 17.8 Å². The molecule has 0 aromatic carbocycles. The molecule has 0 aliphatic heterocycles. The minimum atomic E-state index is 0.443. The van der Waals surface area contributed by atoms with E-state index in [1.807, 2.05) is 0 Å². The van der Waals surface area contributed by atoms with Crippen molar-refractivity contribution in [1.82, 2.24) is 0 Å². The van der Waals surface area contributed by atoms with Crippen LogP contribution in [0.1, 0.15) is 72.1 Å². The van der Waals surface area contributed by atoms with Gasteiger partial charge in [-0.05, 0) is 17.8 Å². The first-order valence-electron chi connectivity index (χ1n) is 7.35. The van der Waals surface area contributed by atoms with Crippen LogP contribution < -0.4 is 0 Å². The monoisotopic (exact) mass is 220 g/mol. The molecule has 0 heterocycles. The zero-order valence-electron chi connectivity index (χ0n) is 11.5. The van der Waals surface area contributed by atoms with Gasteiger partial charge in [0.25, 0.3) is 0 Å². The molecule has 92 valence electrons. The fourth-order valence-electron chi connectivity index (χ4n) is 2.85. The van der Waals surface area contributed by atoms with Crippen LogP contribution >= 0.6 is 0 Å². The van der Waals surface area contributed by atoms with Gasteiger partial charge in [0.15, 0.2) is 0 Å². The summed E-state index contributed by atoms with van der Waals surface area (Å²) in [6.07, 6.45) is 10.9. The van der Waals surface area contributed by atoms with Gasteiger partial charge in [-0.25, -0.2) is 0 Å². The summed E-state index contributed by atoms with van der Waals surface area (Å²) in [4.78, 5) is 0. The summed E-state index contributed by atoms with van der Waals surface area (Å²) in [6, 6.07) is 0. The lowest BCUT2D eigenvalue weighted by atomic mass is 9.71. The number of hydrogen-bond acceptors (Lipinski definition) is 0. The van der Waals surface area contributed by atoms with Crippen molar-refractivity contribution in [3.05, 3.63) is 0 Å². The van der Waals surface area contributed by atoms with Gasteiger partial charge in [-0.1, -0.05) is 78.0 Å². The first-order chi connectivity index (χ1) is 7.59. The summed E-state index contributed by atoms with van der Waals surface area (Å²) < 4.78 is 0. The largest absolute Gasteiger partial charge is 0.0749 e. The predicted octanol–water partition coefficient (Wildman–Crippen LogP) is 4.99. The molecule has 0 aromatic rings. The molecule has 0 bridgehead atoms. The Morgan fingerprint density at radius 1 is 0.688 bits per heavy atom. The van der Waals surface area contributed by atoms with E-state index >= 15 is 0 Å². The first-order valence-corrected chi connectivity index (χ1v) is 7.35. The topological polar surface area (TPSA) is 0 Å². The molecule has 1 heteroatoms. The van der Waals surface area contributed by atoms with Crippen LogP contribution in [0.4, 0.5) is 0 Å². The first kappa shape index (κ1) is 14.1. The second-order valence-corrected chi connectivity index (χ2v) is 6.29. The van der Waals surface area contributed by atoms with Crippen LogP contribution in [0.2, 0.25) is 5.82 Å². The van der Waals surface area contributed by atoms with Gasteiger partial charge < -0.3 is 0 Å². The van der Waals surface area contributed by atoms with Crippen molar-refractivity contribution in [2.24, 2.45) is 17.8 Å². The molecule has 4 unspecified atom stereocenters. The fourth-order valence-corrected chi connectivity index (χ4v) is 2.85. The summed E-state index contributed by atoms with van der Waals surface area (Å²) in [6.45, 7) is 7.16. The maximum atomic E-state index is 6.25. The van der Waals surface area contributed by atoms with E-state index in [1.54, 1.807) is 0 Å². The quantitative estimate of drug-likeness (QED) is 0.504. The molecule has 0 saturated heterocycles. The Morgan fingerprint density at radius 3 is 1.81 bits per heavy atom. The van der Waals surface area contributed by atoms with Gasteiger partial charge in [-0.3, -0.25) is 0 Å². The average molecular weight is 220 g/mol. The van der Waals surface area contributed by atoms with Gasteiger partial charge in [0, 0.05) is 0 Å². The molecule has 0 N–H and O–H groups in total. The highest BCUT2D eigenvalue weighted by Crippen LogP contribution is 2.30. The molecule has 0 aromatic heterocycles. The van der Waals surface area contributed by atoms with Crippen molar-refractivity contribution < 1.29 is 0 Å². The van der Waals surface area contributed by atoms with Crippen molar-refractivity contribution in [2.75, 3.05) is 0 Å². The van der Waals surface area contributed by atoms with E-state index in [2.05, 4.69) is 20.8 Å². The smallest absolute Gasteiger partial charge is 0.0703 e. The Morgan fingerprint density at radius 2 is 1.19 bits per heavy atom. The fraction of sp³-hybridized carbons (Fsp3) is 1.00. The Balaban J connectivity index is 2.41. The standard InChI is InChI=1S/C15H29B/c1-12-6-4-7-13(2)10-11-14(3)15(16)9-5-8-12/h12-15H,4-11H2,1-3H3. The summed E-state index contributed by atoms with van der Waals surface area (Å²) in [7, 11) is 6.25. The average Bonchev–Trinajstić information content (AvgIpc) is 2.24. The molecule has 16 heavy (non-hydrogen) atoms. The van der Waals surface area contributed by atoms with Gasteiger partial charge in [0.1, 0.15) is 0 Å². The second-order valence-electron chi connectivity index (χ2n) is 6.29. The van der Waals surface area contributed by atoms with Crippen molar-refractivity contribution in [3.8, 4) is 0 Å².